The summed E-state index contributed by atoms with van der Waals surface area (Å²) in [5, 5.41) is 0. The molecule has 3 heterocycles. The van der Waals surface area contributed by atoms with Crippen LogP contribution in [0.5, 0.6) is 0 Å². The normalized spacial score (nSPS) is 21.8. The molecule has 2 aliphatic heterocycles. The summed E-state index contributed by atoms with van der Waals surface area (Å²) < 4.78 is 11.4. The Kier molecular flexibility index (Phi) is 3.24. The molecule has 0 aromatic carbocycles. The minimum Gasteiger partial charge on any atom is -0.370 e. The molecule has 0 unspecified atom stereocenters. The Morgan fingerprint density at radius 3 is 2.47 bits per heavy atom. The van der Waals surface area contributed by atoms with Crippen LogP contribution in [0.25, 0.3) is 0 Å². The van der Waals surface area contributed by atoms with Gasteiger partial charge in [0.05, 0.1) is 25.1 Å². The molecule has 5 nitrogen and oxygen atoms in total. The average molecular weight is 262 g/mol. The fourth-order valence-electron chi connectivity index (χ4n) is 2.67. The number of aromatic nitrogens is 1. The second-order valence-corrected chi connectivity index (χ2v) is 5.05. The summed E-state index contributed by atoms with van der Waals surface area (Å²) in [7, 11) is 0. The van der Waals surface area contributed by atoms with Crippen molar-refractivity contribution in [3.63, 3.8) is 0 Å². The first-order valence-electron chi connectivity index (χ1n) is 6.68. The molecule has 102 valence electrons. The van der Waals surface area contributed by atoms with Gasteiger partial charge in [0.1, 0.15) is 5.69 Å². The van der Waals surface area contributed by atoms with E-state index in [0.717, 1.165) is 31.6 Å². The first kappa shape index (κ1) is 12.6. The third kappa shape index (κ3) is 2.48. The van der Waals surface area contributed by atoms with E-state index in [9.17, 15) is 4.79 Å². The van der Waals surface area contributed by atoms with Gasteiger partial charge in [0.15, 0.2) is 11.6 Å². The van der Waals surface area contributed by atoms with Crippen LogP contribution in [0.4, 0.5) is 5.69 Å². The second-order valence-electron chi connectivity index (χ2n) is 5.05. The Morgan fingerprint density at radius 2 is 1.95 bits per heavy atom. The maximum atomic E-state index is 11.2. The van der Waals surface area contributed by atoms with Gasteiger partial charge in [0.2, 0.25) is 0 Å². The number of nitrogens with zero attached hydrogens (tertiary/aromatic N) is 2. The van der Waals surface area contributed by atoms with Crippen LogP contribution in [0.2, 0.25) is 0 Å². The van der Waals surface area contributed by atoms with Crippen LogP contribution in [0.3, 0.4) is 0 Å². The molecule has 3 rings (SSSR count). The van der Waals surface area contributed by atoms with Crippen LogP contribution in [-0.2, 0) is 9.47 Å². The molecule has 2 fully saturated rings. The van der Waals surface area contributed by atoms with Crippen molar-refractivity contribution in [1.82, 2.24) is 4.98 Å². The molecule has 2 saturated heterocycles. The van der Waals surface area contributed by atoms with Gasteiger partial charge in [-0.15, -0.1) is 0 Å². The molecule has 0 aliphatic carbocycles. The zero-order valence-electron chi connectivity index (χ0n) is 11.1. The molecule has 1 aromatic heterocycles. The maximum absolute atomic E-state index is 11.2. The largest absolute Gasteiger partial charge is 0.370 e. The van der Waals surface area contributed by atoms with Crippen LogP contribution >= 0.6 is 0 Å². The summed E-state index contributed by atoms with van der Waals surface area (Å²) in [6, 6.07) is 3.74. The van der Waals surface area contributed by atoms with Crippen molar-refractivity contribution in [1.29, 1.82) is 0 Å². The molecule has 0 bridgehead atoms. The van der Waals surface area contributed by atoms with Crippen LogP contribution < -0.4 is 4.90 Å². The highest BCUT2D eigenvalue weighted by Gasteiger charge is 2.39. The third-order valence-electron chi connectivity index (χ3n) is 3.81. The van der Waals surface area contributed by atoms with Gasteiger partial charge >= 0.3 is 0 Å². The van der Waals surface area contributed by atoms with Crippen molar-refractivity contribution in [2.45, 2.75) is 25.6 Å². The Hall–Kier alpha value is -1.46. The molecule has 1 aromatic rings. The highest BCUT2D eigenvalue weighted by Crippen LogP contribution is 2.32. The van der Waals surface area contributed by atoms with E-state index in [-0.39, 0.29) is 11.6 Å². The summed E-state index contributed by atoms with van der Waals surface area (Å²) in [4.78, 5) is 17.6. The van der Waals surface area contributed by atoms with E-state index < -0.39 is 0 Å². The summed E-state index contributed by atoms with van der Waals surface area (Å²) in [6.07, 6.45) is 3.52. The summed E-state index contributed by atoms with van der Waals surface area (Å²) in [6.45, 7) is 4.72. The van der Waals surface area contributed by atoms with E-state index in [4.69, 9.17) is 9.47 Å². The third-order valence-corrected chi connectivity index (χ3v) is 3.81. The van der Waals surface area contributed by atoms with Gasteiger partial charge in [0, 0.05) is 32.9 Å². The zero-order chi connectivity index (χ0) is 13.3. The van der Waals surface area contributed by atoms with Gasteiger partial charge in [-0.3, -0.25) is 9.78 Å². The van der Waals surface area contributed by atoms with Crippen molar-refractivity contribution in [3.05, 3.63) is 24.0 Å². The molecule has 0 atom stereocenters. The number of ether oxygens (including phenoxy) is 2. The number of Topliss-reactive ketones (excluding diaryl/α,β-unsaturated/α-hetero) is 1. The topological polar surface area (TPSA) is 51.7 Å². The lowest BCUT2D eigenvalue weighted by Gasteiger charge is -2.38. The van der Waals surface area contributed by atoms with Crippen LogP contribution in [0, 0.1) is 0 Å². The van der Waals surface area contributed by atoms with Crippen LogP contribution in [0.1, 0.15) is 30.3 Å². The number of carbonyl (C=O) groups excluding carboxylic acids is 1. The summed E-state index contributed by atoms with van der Waals surface area (Å²) >= 11 is 0. The van der Waals surface area contributed by atoms with E-state index in [0.29, 0.717) is 18.9 Å². The van der Waals surface area contributed by atoms with E-state index in [1.165, 1.54) is 6.92 Å². The van der Waals surface area contributed by atoms with E-state index >= 15 is 0 Å². The second kappa shape index (κ2) is 4.90. The zero-order valence-corrected chi connectivity index (χ0v) is 11.1. The highest BCUT2D eigenvalue weighted by atomic mass is 16.7. The van der Waals surface area contributed by atoms with E-state index in [1.807, 2.05) is 6.07 Å². The number of carbonyl (C=O) groups is 1. The smallest absolute Gasteiger partial charge is 0.178 e. The lowest BCUT2D eigenvalue weighted by atomic mass is 10.0. The minimum atomic E-state index is -0.344. The van der Waals surface area contributed by atoms with Crippen molar-refractivity contribution < 1.29 is 14.3 Å². The predicted molar refractivity (Wildman–Crippen MR) is 70.3 cm³/mol. The Balaban J connectivity index is 1.66. The summed E-state index contributed by atoms with van der Waals surface area (Å²) in [5.74, 6) is -0.347. The molecule has 0 N–H and O–H groups in total. The first-order valence-corrected chi connectivity index (χ1v) is 6.68. The fourth-order valence-corrected chi connectivity index (χ4v) is 2.67. The van der Waals surface area contributed by atoms with Gasteiger partial charge in [-0.05, 0) is 12.1 Å². The number of rotatable bonds is 2. The van der Waals surface area contributed by atoms with Crippen LogP contribution in [0.15, 0.2) is 18.3 Å². The molecular formula is C14H18N2O3. The fraction of sp³-hybridized carbons (Fsp3) is 0.571. The number of anilines is 1. The molecule has 0 saturated carbocycles. The van der Waals surface area contributed by atoms with Gasteiger partial charge in [-0.25, -0.2) is 0 Å². The molecule has 19 heavy (non-hydrogen) atoms. The Labute approximate surface area is 112 Å². The van der Waals surface area contributed by atoms with Crippen molar-refractivity contribution >= 4 is 11.5 Å². The highest BCUT2D eigenvalue weighted by molar-refractivity contribution is 5.92. The Morgan fingerprint density at radius 1 is 1.26 bits per heavy atom. The number of piperidine rings is 1. The molecule has 5 heteroatoms. The SMILES string of the molecule is CC(=O)c1ccc(N2CCC3(CC2)OCCO3)cn1. The van der Waals surface area contributed by atoms with Crippen LogP contribution in [-0.4, -0.2) is 42.9 Å². The van der Waals surface area contributed by atoms with Crippen molar-refractivity contribution in [2.24, 2.45) is 0 Å². The van der Waals surface area contributed by atoms with Gasteiger partial charge < -0.3 is 14.4 Å². The lowest BCUT2D eigenvalue weighted by molar-refractivity contribution is -0.169. The van der Waals surface area contributed by atoms with Gasteiger partial charge in [-0.2, -0.15) is 0 Å². The van der Waals surface area contributed by atoms with E-state index in [2.05, 4.69) is 9.88 Å². The number of hydrogen-bond acceptors (Lipinski definition) is 5. The van der Waals surface area contributed by atoms with Gasteiger partial charge in [-0.1, -0.05) is 0 Å². The van der Waals surface area contributed by atoms with E-state index in [1.54, 1.807) is 12.3 Å². The predicted octanol–water partition coefficient (Wildman–Crippen LogP) is 1.63. The number of ketones is 1. The monoisotopic (exact) mass is 262 g/mol. The number of pyridine rings is 1. The van der Waals surface area contributed by atoms with Gasteiger partial charge in [0.25, 0.3) is 0 Å². The quantitative estimate of drug-likeness (QED) is 0.758. The molecular weight excluding hydrogens is 244 g/mol. The van der Waals surface area contributed by atoms with Crippen molar-refractivity contribution in [2.75, 3.05) is 31.2 Å². The molecule has 2 aliphatic rings. The standard InChI is InChI=1S/C14H18N2O3/c1-11(17)13-3-2-12(10-15-13)16-6-4-14(5-7-16)18-8-9-19-14/h2-3,10H,4-9H2,1H3. The van der Waals surface area contributed by atoms with Crippen molar-refractivity contribution in [3.8, 4) is 0 Å². The summed E-state index contributed by atoms with van der Waals surface area (Å²) in [5.41, 5.74) is 1.57. The lowest BCUT2D eigenvalue weighted by Crippen LogP contribution is -2.45. The Bertz CT molecular complexity index is 456. The molecule has 1 spiro atoms. The average Bonchev–Trinajstić information content (AvgIpc) is 2.88. The molecule has 0 radical (unpaired) electrons. The first-order chi connectivity index (χ1) is 9.19. The number of hydrogen-bond donors (Lipinski definition) is 0. The maximum Gasteiger partial charge on any atom is 0.178 e. The molecule has 0 amide bonds. The minimum absolute atomic E-state index is 0.00287.